The molecule has 1 spiro atoms. The largest absolute Gasteiger partial charge is 0.395 e. The number of hydrogen-bond donors (Lipinski definition) is 2. The molecule has 132 valence electrons. The third-order valence-corrected chi connectivity index (χ3v) is 8.48. The fourth-order valence-corrected chi connectivity index (χ4v) is 7.13. The van der Waals surface area contributed by atoms with Crippen molar-refractivity contribution in [1.29, 1.82) is 0 Å². The number of carbonyl (C=O) groups is 2. The first-order chi connectivity index (χ1) is 11.2. The second-order valence-corrected chi connectivity index (χ2v) is 9.27. The molecule has 0 saturated heterocycles. The Morgan fingerprint density at radius 3 is 2.58 bits per heavy atom. The lowest BCUT2D eigenvalue weighted by Crippen LogP contribution is -2.67. The standard InChI is InChI=1S/C20H28O4/c1-11-12-8-15-18(2)6-5-16(23)19(3,10-21)14(18)4-7-20(15,17(11)24)9-13(12)22/h12-15,21-22H,1,4-10H2,2-3H3/t12-,13?,14+,15+,18-,19+,20+/m1/s1. The molecule has 2 bridgehead atoms. The van der Waals surface area contributed by atoms with E-state index in [0.29, 0.717) is 24.8 Å². The molecule has 2 N–H and O–H groups in total. The molecule has 0 heterocycles. The Bertz CT molecular complexity index is 640. The summed E-state index contributed by atoms with van der Waals surface area (Å²) >= 11 is 0. The van der Waals surface area contributed by atoms with Crippen LogP contribution < -0.4 is 0 Å². The van der Waals surface area contributed by atoms with Crippen LogP contribution >= 0.6 is 0 Å². The van der Waals surface area contributed by atoms with Crippen molar-refractivity contribution in [3.8, 4) is 0 Å². The van der Waals surface area contributed by atoms with E-state index in [1.54, 1.807) is 0 Å². The molecule has 4 heteroatoms. The highest BCUT2D eigenvalue weighted by molar-refractivity contribution is 6.02. The molecule has 1 unspecified atom stereocenters. The molecule has 5 rings (SSSR count). The number of fused-ring (bicyclic) bond motifs is 3. The fraction of sp³-hybridized carbons (Fsp3) is 0.800. The van der Waals surface area contributed by atoms with Gasteiger partial charge in [0.1, 0.15) is 5.78 Å². The fourth-order valence-electron chi connectivity index (χ4n) is 7.13. The molecule has 7 atom stereocenters. The highest BCUT2D eigenvalue weighted by atomic mass is 16.3. The Labute approximate surface area is 143 Å². The molecule has 24 heavy (non-hydrogen) atoms. The summed E-state index contributed by atoms with van der Waals surface area (Å²) in [5.41, 5.74) is -0.695. The average Bonchev–Trinajstić information content (AvgIpc) is 2.55. The lowest BCUT2D eigenvalue weighted by atomic mass is 9.36. The van der Waals surface area contributed by atoms with Crippen LogP contribution in [0.2, 0.25) is 0 Å². The van der Waals surface area contributed by atoms with Gasteiger partial charge >= 0.3 is 0 Å². The predicted molar refractivity (Wildman–Crippen MR) is 89.1 cm³/mol. The molecule has 5 aliphatic carbocycles. The zero-order valence-corrected chi connectivity index (χ0v) is 14.7. The van der Waals surface area contributed by atoms with E-state index in [1.807, 2.05) is 6.92 Å². The third-order valence-electron chi connectivity index (χ3n) is 8.48. The van der Waals surface area contributed by atoms with Crippen LogP contribution in [0, 0.1) is 34.0 Å². The van der Waals surface area contributed by atoms with Crippen LogP contribution in [-0.2, 0) is 9.59 Å². The van der Waals surface area contributed by atoms with Gasteiger partial charge in [0.25, 0.3) is 0 Å². The van der Waals surface area contributed by atoms with Gasteiger partial charge in [-0.25, -0.2) is 0 Å². The Morgan fingerprint density at radius 2 is 1.92 bits per heavy atom. The van der Waals surface area contributed by atoms with Crippen molar-refractivity contribution in [1.82, 2.24) is 0 Å². The first-order valence-electron chi connectivity index (χ1n) is 9.26. The van der Waals surface area contributed by atoms with E-state index >= 15 is 0 Å². The number of aliphatic hydroxyl groups is 2. The molecule has 0 aliphatic heterocycles. The highest BCUT2D eigenvalue weighted by Gasteiger charge is 2.69. The van der Waals surface area contributed by atoms with Crippen LogP contribution in [0.25, 0.3) is 0 Å². The zero-order chi connectivity index (χ0) is 17.5. The van der Waals surface area contributed by atoms with Gasteiger partial charge in [0.15, 0.2) is 5.78 Å². The van der Waals surface area contributed by atoms with Gasteiger partial charge in [-0.3, -0.25) is 9.59 Å². The summed E-state index contributed by atoms with van der Waals surface area (Å²) in [6.45, 7) is 8.02. The predicted octanol–water partition coefficient (Wildman–Crippen LogP) is 2.28. The van der Waals surface area contributed by atoms with E-state index in [-0.39, 0.29) is 41.3 Å². The molecule has 0 aromatic heterocycles. The van der Waals surface area contributed by atoms with Crippen LogP contribution in [0.4, 0.5) is 0 Å². The van der Waals surface area contributed by atoms with Crippen molar-refractivity contribution in [3.05, 3.63) is 12.2 Å². The van der Waals surface area contributed by atoms with E-state index in [0.717, 1.165) is 19.3 Å². The molecule has 5 aliphatic rings. The number of hydrogen-bond acceptors (Lipinski definition) is 4. The average molecular weight is 332 g/mol. The Kier molecular flexibility index (Phi) is 3.29. The molecule has 5 saturated carbocycles. The van der Waals surface area contributed by atoms with E-state index in [1.165, 1.54) is 0 Å². The maximum absolute atomic E-state index is 13.1. The summed E-state index contributed by atoms with van der Waals surface area (Å²) in [6, 6.07) is 0. The highest BCUT2D eigenvalue weighted by Crippen LogP contribution is 2.70. The van der Waals surface area contributed by atoms with Crippen molar-refractivity contribution >= 4 is 11.6 Å². The maximum Gasteiger partial charge on any atom is 0.165 e. The van der Waals surface area contributed by atoms with E-state index in [4.69, 9.17) is 0 Å². The van der Waals surface area contributed by atoms with E-state index in [9.17, 15) is 19.8 Å². The molecular weight excluding hydrogens is 304 g/mol. The molecule has 5 fully saturated rings. The summed E-state index contributed by atoms with van der Waals surface area (Å²) in [5.74, 6) is 0.507. The van der Waals surface area contributed by atoms with Crippen LogP contribution in [0.15, 0.2) is 12.2 Å². The summed E-state index contributed by atoms with van der Waals surface area (Å²) < 4.78 is 0. The lowest BCUT2D eigenvalue weighted by molar-refractivity contribution is -0.198. The molecular formula is C20H28O4. The van der Waals surface area contributed by atoms with Crippen molar-refractivity contribution < 1.29 is 19.8 Å². The van der Waals surface area contributed by atoms with Crippen LogP contribution in [-0.4, -0.2) is 34.5 Å². The van der Waals surface area contributed by atoms with Gasteiger partial charge in [0.05, 0.1) is 18.1 Å². The number of Topliss-reactive ketones (excluding diaryl/α,β-unsaturated/α-hetero) is 2. The van der Waals surface area contributed by atoms with Crippen molar-refractivity contribution in [2.75, 3.05) is 6.61 Å². The monoisotopic (exact) mass is 332 g/mol. The first kappa shape index (κ1) is 16.5. The molecule has 0 aromatic rings. The number of rotatable bonds is 1. The second-order valence-electron chi connectivity index (χ2n) is 9.27. The minimum absolute atomic E-state index is 0.113. The first-order valence-corrected chi connectivity index (χ1v) is 9.26. The Hall–Kier alpha value is -1.00. The zero-order valence-electron chi connectivity index (χ0n) is 14.7. The van der Waals surface area contributed by atoms with Gasteiger partial charge in [-0.15, -0.1) is 0 Å². The van der Waals surface area contributed by atoms with Crippen LogP contribution in [0.5, 0.6) is 0 Å². The van der Waals surface area contributed by atoms with Gasteiger partial charge in [-0.1, -0.05) is 20.4 Å². The van der Waals surface area contributed by atoms with E-state index in [2.05, 4.69) is 13.5 Å². The number of aliphatic hydroxyl groups excluding tert-OH is 2. The molecule has 0 aromatic carbocycles. The molecule has 0 amide bonds. The Balaban J connectivity index is 1.81. The summed E-state index contributed by atoms with van der Waals surface area (Å²) in [7, 11) is 0. The lowest BCUT2D eigenvalue weighted by Gasteiger charge is -2.67. The van der Waals surface area contributed by atoms with Gasteiger partial charge < -0.3 is 10.2 Å². The maximum atomic E-state index is 13.1. The van der Waals surface area contributed by atoms with Crippen LogP contribution in [0.3, 0.4) is 0 Å². The summed E-state index contributed by atoms with van der Waals surface area (Å²) in [6.07, 6.45) is 3.65. The third kappa shape index (κ3) is 1.67. The smallest absolute Gasteiger partial charge is 0.165 e. The molecule has 0 radical (unpaired) electrons. The molecule has 4 nitrogen and oxygen atoms in total. The summed E-state index contributed by atoms with van der Waals surface area (Å²) in [4.78, 5) is 25.6. The van der Waals surface area contributed by atoms with Crippen LogP contribution in [0.1, 0.15) is 52.4 Å². The van der Waals surface area contributed by atoms with Gasteiger partial charge in [-0.2, -0.15) is 0 Å². The topological polar surface area (TPSA) is 74.6 Å². The van der Waals surface area contributed by atoms with Crippen molar-refractivity contribution in [2.45, 2.75) is 58.5 Å². The van der Waals surface area contributed by atoms with Gasteiger partial charge in [-0.05, 0) is 54.9 Å². The van der Waals surface area contributed by atoms with Gasteiger partial charge in [0.2, 0.25) is 0 Å². The quantitative estimate of drug-likeness (QED) is 0.723. The van der Waals surface area contributed by atoms with Crippen molar-refractivity contribution in [2.24, 2.45) is 34.0 Å². The van der Waals surface area contributed by atoms with E-state index < -0.39 is 16.9 Å². The number of ketones is 2. The Morgan fingerprint density at radius 1 is 1.21 bits per heavy atom. The normalized spacial score (nSPS) is 53.8. The minimum atomic E-state index is -0.691. The number of carbonyl (C=O) groups excluding carboxylic acids is 2. The minimum Gasteiger partial charge on any atom is -0.395 e. The van der Waals surface area contributed by atoms with Gasteiger partial charge in [0, 0.05) is 17.8 Å². The second kappa shape index (κ2) is 4.79. The summed E-state index contributed by atoms with van der Waals surface area (Å²) in [5, 5.41) is 20.5. The van der Waals surface area contributed by atoms with Crippen molar-refractivity contribution in [3.63, 3.8) is 0 Å². The SMILES string of the molecule is C=C1C(=O)[C@]23CC[C@H]4[C@@](C)(CCC(=O)[C@@]4(C)CO)[C@@H]2C[C@H]1C(O)C3.